The predicted molar refractivity (Wildman–Crippen MR) is 176 cm³/mol. The standard InChI is InChI=1S/C32H42N4O5Si2/c1-38-32(37)24-9-11-28-26(18-24)30(34-36(28)22-41-15-17-43(5,6)7)31-33-27-10-8-23(25-12-13-39-20-25)19-29(27)35(31)21-40-14-16-42(2,3)4/h8-13,18-20H,14-17,21-22H2,1-7H3. The molecule has 11 heteroatoms. The normalized spacial score (nSPS) is 12.4. The molecule has 43 heavy (non-hydrogen) atoms. The van der Waals surface area contributed by atoms with E-state index in [9.17, 15) is 4.79 Å². The van der Waals surface area contributed by atoms with E-state index < -0.39 is 22.1 Å². The van der Waals surface area contributed by atoms with Crippen molar-refractivity contribution in [2.24, 2.45) is 0 Å². The molecular weight excluding hydrogens is 577 g/mol. The van der Waals surface area contributed by atoms with Gasteiger partial charge in [0.05, 0.1) is 41.7 Å². The largest absolute Gasteiger partial charge is 0.472 e. The van der Waals surface area contributed by atoms with Crippen molar-refractivity contribution in [1.82, 2.24) is 19.3 Å². The highest BCUT2D eigenvalue weighted by Gasteiger charge is 2.23. The lowest BCUT2D eigenvalue weighted by molar-refractivity contribution is 0.0601. The number of rotatable bonds is 13. The molecule has 0 unspecified atom stereocenters. The number of esters is 1. The summed E-state index contributed by atoms with van der Waals surface area (Å²) in [6.07, 6.45) is 3.41. The number of furan rings is 1. The Kier molecular flexibility index (Phi) is 9.07. The van der Waals surface area contributed by atoms with Gasteiger partial charge < -0.3 is 18.6 Å². The minimum absolute atomic E-state index is 0.302. The van der Waals surface area contributed by atoms with Gasteiger partial charge in [-0.2, -0.15) is 5.10 Å². The molecule has 3 aromatic heterocycles. The SMILES string of the molecule is COC(=O)c1ccc2c(c1)c(-c1nc3ccc(-c4ccoc4)cc3n1COCC[Si](C)(C)C)nn2COCC[Si](C)(C)C. The van der Waals surface area contributed by atoms with Gasteiger partial charge in [-0.1, -0.05) is 45.3 Å². The maximum Gasteiger partial charge on any atom is 0.337 e. The topological polar surface area (TPSA) is 93.5 Å². The summed E-state index contributed by atoms with van der Waals surface area (Å²) >= 11 is 0. The molecule has 3 heterocycles. The van der Waals surface area contributed by atoms with E-state index in [1.807, 2.05) is 35.0 Å². The first-order valence-electron chi connectivity index (χ1n) is 14.7. The van der Waals surface area contributed by atoms with Gasteiger partial charge in [0.2, 0.25) is 0 Å². The number of aromatic nitrogens is 4. The van der Waals surface area contributed by atoms with Crippen LogP contribution in [0.25, 0.3) is 44.6 Å². The minimum atomic E-state index is -1.27. The highest BCUT2D eigenvalue weighted by molar-refractivity contribution is 6.76. The van der Waals surface area contributed by atoms with Crippen LogP contribution in [0.5, 0.6) is 0 Å². The third-order valence-electron chi connectivity index (χ3n) is 7.41. The molecule has 0 spiro atoms. The molecule has 0 N–H and O–H groups in total. The zero-order chi connectivity index (χ0) is 30.8. The summed E-state index contributed by atoms with van der Waals surface area (Å²) in [5.41, 5.74) is 5.73. The summed E-state index contributed by atoms with van der Waals surface area (Å²) in [5, 5.41) is 5.82. The van der Waals surface area contributed by atoms with E-state index in [-0.39, 0.29) is 0 Å². The first-order chi connectivity index (χ1) is 20.4. The lowest BCUT2D eigenvalue weighted by Crippen LogP contribution is -2.22. The second-order valence-corrected chi connectivity index (χ2v) is 24.6. The summed E-state index contributed by atoms with van der Waals surface area (Å²) in [6, 6.07) is 15.7. The number of hydrogen-bond acceptors (Lipinski definition) is 7. The fourth-order valence-corrected chi connectivity index (χ4v) is 6.31. The van der Waals surface area contributed by atoms with Crippen molar-refractivity contribution in [1.29, 1.82) is 0 Å². The van der Waals surface area contributed by atoms with Crippen LogP contribution in [0.2, 0.25) is 51.4 Å². The summed E-state index contributed by atoms with van der Waals surface area (Å²) in [5.74, 6) is 0.264. The van der Waals surface area contributed by atoms with Gasteiger partial charge in [-0.15, -0.1) is 0 Å². The Hall–Kier alpha value is -3.52. The summed E-state index contributed by atoms with van der Waals surface area (Å²) < 4.78 is 26.7. The quantitative estimate of drug-likeness (QED) is 0.0757. The number of nitrogens with zero attached hydrogens (tertiary/aromatic N) is 4. The number of imidazole rings is 1. The third-order valence-corrected chi connectivity index (χ3v) is 10.8. The lowest BCUT2D eigenvalue weighted by atomic mass is 10.1. The molecule has 0 amide bonds. The van der Waals surface area contributed by atoms with Gasteiger partial charge in [-0.25, -0.2) is 14.5 Å². The molecule has 0 atom stereocenters. The number of carbonyl (C=O) groups is 1. The molecule has 0 radical (unpaired) electrons. The van der Waals surface area contributed by atoms with Crippen molar-refractivity contribution in [2.75, 3.05) is 20.3 Å². The Bertz CT molecular complexity index is 1710. The van der Waals surface area contributed by atoms with Gasteiger partial charge in [-0.05, 0) is 54.0 Å². The minimum Gasteiger partial charge on any atom is -0.472 e. The van der Waals surface area contributed by atoms with Gasteiger partial charge in [0.25, 0.3) is 0 Å². The van der Waals surface area contributed by atoms with Crippen LogP contribution < -0.4 is 0 Å². The molecule has 9 nitrogen and oxygen atoms in total. The molecule has 0 saturated heterocycles. The highest BCUT2D eigenvalue weighted by atomic mass is 28.3. The van der Waals surface area contributed by atoms with Crippen molar-refractivity contribution in [2.45, 2.75) is 64.8 Å². The van der Waals surface area contributed by atoms with Crippen molar-refractivity contribution < 1.29 is 23.4 Å². The van der Waals surface area contributed by atoms with Crippen LogP contribution in [-0.4, -0.2) is 61.8 Å². The van der Waals surface area contributed by atoms with Gasteiger partial charge in [0, 0.05) is 40.3 Å². The predicted octanol–water partition coefficient (Wildman–Crippen LogP) is 7.72. The molecule has 228 valence electrons. The van der Waals surface area contributed by atoms with Crippen LogP contribution in [0.4, 0.5) is 0 Å². The average molecular weight is 619 g/mol. The Balaban J connectivity index is 1.61. The number of hydrogen-bond donors (Lipinski definition) is 0. The molecule has 0 aliphatic heterocycles. The van der Waals surface area contributed by atoms with Crippen molar-refractivity contribution >= 4 is 44.1 Å². The van der Waals surface area contributed by atoms with Gasteiger partial charge in [0.15, 0.2) is 5.82 Å². The molecule has 0 saturated carbocycles. The molecule has 0 fully saturated rings. The van der Waals surface area contributed by atoms with Gasteiger partial charge >= 0.3 is 5.97 Å². The van der Waals surface area contributed by atoms with Gasteiger partial charge in [0.1, 0.15) is 19.2 Å². The maximum absolute atomic E-state index is 12.5. The number of carbonyl (C=O) groups excluding carboxylic acids is 1. The molecule has 5 rings (SSSR count). The van der Waals surface area contributed by atoms with Crippen LogP contribution in [-0.2, 0) is 27.7 Å². The number of ether oxygens (including phenoxy) is 3. The molecular formula is C32H42N4O5Si2. The van der Waals surface area contributed by atoms with Crippen LogP contribution in [0.15, 0.2) is 59.4 Å². The van der Waals surface area contributed by atoms with E-state index in [2.05, 4.69) is 49.9 Å². The van der Waals surface area contributed by atoms with Crippen molar-refractivity contribution in [3.63, 3.8) is 0 Å². The van der Waals surface area contributed by atoms with Crippen LogP contribution in [0.1, 0.15) is 10.4 Å². The lowest BCUT2D eigenvalue weighted by Gasteiger charge is -2.16. The first-order valence-corrected chi connectivity index (χ1v) is 22.1. The van der Waals surface area contributed by atoms with E-state index in [0.29, 0.717) is 43.8 Å². The Morgan fingerprint density at radius 2 is 1.58 bits per heavy atom. The van der Waals surface area contributed by atoms with Crippen LogP contribution >= 0.6 is 0 Å². The Morgan fingerprint density at radius 3 is 2.23 bits per heavy atom. The molecule has 0 aliphatic carbocycles. The smallest absolute Gasteiger partial charge is 0.337 e. The maximum atomic E-state index is 12.5. The second-order valence-electron chi connectivity index (χ2n) is 13.3. The average Bonchev–Trinajstić information content (AvgIpc) is 3.69. The van der Waals surface area contributed by atoms with Gasteiger partial charge in [-0.3, -0.25) is 4.57 Å². The summed E-state index contributed by atoms with van der Waals surface area (Å²) in [4.78, 5) is 17.6. The third kappa shape index (κ3) is 7.35. The second kappa shape index (κ2) is 12.6. The fourth-order valence-electron chi connectivity index (χ4n) is 4.79. The summed E-state index contributed by atoms with van der Waals surface area (Å²) in [7, 11) is -1.12. The Morgan fingerprint density at radius 1 is 0.860 bits per heavy atom. The molecule has 0 bridgehead atoms. The summed E-state index contributed by atoms with van der Waals surface area (Å²) in [6.45, 7) is 16.0. The fraction of sp³-hybridized carbons (Fsp3) is 0.406. The number of fused-ring (bicyclic) bond motifs is 2. The monoisotopic (exact) mass is 618 g/mol. The van der Waals surface area contributed by atoms with E-state index >= 15 is 0 Å². The van der Waals surface area contributed by atoms with Crippen molar-refractivity contribution in [3.8, 4) is 22.6 Å². The first kappa shape index (κ1) is 30.9. The van der Waals surface area contributed by atoms with E-state index in [4.69, 9.17) is 28.7 Å². The molecule has 0 aliphatic rings. The van der Waals surface area contributed by atoms with E-state index in [1.165, 1.54) is 7.11 Å². The number of methoxy groups -OCH3 is 1. The zero-order valence-electron chi connectivity index (χ0n) is 26.3. The highest BCUT2D eigenvalue weighted by Crippen LogP contribution is 2.33. The van der Waals surface area contributed by atoms with Crippen LogP contribution in [0.3, 0.4) is 0 Å². The van der Waals surface area contributed by atoms with Crippen molar-refractivity contribution in [3.05, 3.63) is 60.6 Å². The molecule has 2 aromatic carbocycles. The van der Waals surface area contributed by atoms with E-state index in [0.717, 1.165) is 45.2 Å². The number of benzene rings is 2. The molecule has 5 aromatic rings. The van der Waals surface area contributed by atoms with Crippen LogP contribution in [0, 0.1) is 0 Å². The van der Waals surface area contributed by atoms with E-state index in [1.54, 1.807) is 18.6 Å². The Labute approximate surface area is 254 Å². The zero-order valence-corrected chi connectivity index (χ0v) is 28.3.